The summed E-state index contributed by atoms with van der Waals surface area (Å²) < 4.78 is 10.7. The van der Waals surface area contributed by atoms with Crippen LogP contribution < -0.4 is 0 Å². The van der Waals surface area contributed by atoms with E-state index in [4.69, 9.17) is 9.47 Å². The molecule has 0 aromatic heterocycles. The number of rotatable bonds is 9. The molecule has 2 fully saturated rings. The van der Waals surface area contributed by atoms with E-state index in [1.54, 1.807) is 18.2 Å². The molecule has 0 N–H and O–H groups in total. The molecule has 2 heterocycles. The van der Waals surface area contributed by atoms with Gasteiger partial charge in [0.2, 0.25) is 6.10 Å². The van der Waals surface area contributed by atoms with Crippen LogP contribution in [-0.2, 0) is 19.1 Å². The van der Waals surface area contributed by atoms with Crippen LogP contribution in [-0.4, -0.2) is 29.1 Å². The van der Waals surface area contributed by atoms with Gasteiger partial charge in [-0.15, -0.1) is 0 Å². The molecule has 7 heteroatoms. The smallest absolute Gasteiger partial charge is 0.348 e. The number of hydrogen-bond acceptors (Lipinski definition) is 6. The Morgan fingerprint density at radius 1 is 1.04 bits per heavy atom. The lowest BCUT2D eigenvalue weighted by Crippen LogP contribution is -2.22. The number of ether oxygens (including phenoxy) is 2. The quantitative estimate of drug-likeness (QED) is 0.207. The number of nitro groups is 1. The third kappa shape index (κ3) is 4.40. The molecule has 2 aliphatic rings. The number of fused-ring (bicyclic) bond motifs is 1. The Morgan fingerprint density at radius 2 is 1.71 bits per heavy atom. The van der Waals surface area contributed by atoms with Gasteiger partial charge in [-0.05, 0) is 36.6 Å². The average molecular weight is 387 g/mol. The van der Waals surface area contributed by atoms with E-state index in [2.05, 4.69) is 6.92 Å². The molecule has 1 aromatic rings. The monoisotopic (exact) mass is 387 g/mol. The van der Waals surface area contributed by atoms with E-state index in [9.17, 15) is 19.7 Å². The number of nitro benzene ring substituents is 1. The highest BCUT2D eigenvalue weighted by atomic mass is 16.6. The van der Waals surface area contributed by atoms with Crippen molar-refractivity contribution >= 4 is 23.7 Å². The summed E-state index contributed by atoms with van der Waals surface area (Å²) in [5, 5.41) is 10.8. The first-order valence-corrected chi connectivity index (χ1v) is 9.88. The van der Waals surface area contributed by atoms with Crippen LogP contribution in [0.25, 0.3) is 6.08 Å². The Morgan fingerprint density at radius 3 is 2.39 bits per heavy atom. The molecular formula is C21H25NO6. The number of benzene rings is 1. The second-order valence-corrected chi connectivity index (χ2v) is 7.33. The Balaban J connectivity index is 1.69. The van der Waals surface area contributed by atoms with Crippen molar-refractivity contribution in [1.82, 2.24) is 0 Å². The van der Waals surface area contributed by atoms with Crippen LogP contribution in [0.15, 0.2) is 29.8 Å². The Bertz CT molecular complexity index is 770. The third-order valence-corrected chi connectivity index (χ3v) is 5.32. The van der Waals surface area contributed by atoms with E-state index in [0.717, 1.165) is 19.3 Å². The fourth-order valence-electron chi connectivity index (χ4n) is 3.83. The number of non-ortho nitro benzene ring substituents is 1. The maximum Gasteiger partial charge on any atom is 0.348 e. The molecule has 0 radical (unpaired) electrons. The molecule has 0 saturated carbocycles. The minimum atomic E-state index is -0.873. The summed E-state index contributed by atoms with van der Waals surface area (Å²) in [6.45, 7) is 2.17. The summed E-state index contributed by atoms with van der Waals surface area (Å²) in [5.74, 6) is -1.41. The highest BCUT2D eigenvalue weighted by molar-refractivity contribution is 6.01. The first-order valence-electron chi connectivity index (χ1n) is 9.88. The van der Waals surface area contributed by atoms with Crippen molar-refractivity contribution in [1.29, 1.82) is 0 Å². The van der Waals surface area contributed by atoms with Crippen molar-refractivity contribution in [3.8, 4) is 0 Å². The first-order chi connectivity index (χ1) is 13.5. The van der Waals surface area contributed by atoms with Crippen LogP contribution in [0.1, 0.15) is 57.4 Å². The number of cyclic esters (lactones) is 1. The normalized spacial score (nSPS) is 24.9. The lowest BCUT2D eigenvalue weighted by atomic mass is 9.88. The summed E-state index contributed by atoms with van der Waals surface area (Å²) in [5.41, 5.74) is 1.03. The number of nitrogens with zero attached hydrogens (tertiary/aromatic N) is 1. The van der Waals surface area contributed by atoms with Gasteiger partial charge in [-0.1, -0.05) is 39.0 Å². The summed E-state index contributed by atoms with van der Waals surface area (Å²) in [7, 11) is 0. The second-order valence-electron chi connectivity index (χ2n) is 7.33. The van der Waals surface area contributed by atoms with Crippen LogP contribution >= 0.6 is 0 Å². The third-order valence-electron chi connectivity index (χ3n) is 5.32. The maximum absolute atomic E-state index is 12.3. The minimum absolute atomic E-state index is 0.0191. The standard InChI is InChI=1S/C21H25NO6/c1-2-3-4-5-6-7-8-17-18-16(20(23)28-19(18)21(24)27-17)13-14-9-11-15(12-10-14)22(25)26/h9-13,17-19H,2-8H2,1H3/b16-13-/t17-,18-,19-/m1/s1. The molecule has 0 spiro atoms. The van der Waals surface area contributed by atoms with E-state index >= 15 is 0 Å². The highest BCUT2D eigenvalue weighted by Crippen LogP contribution is 2.41. The van der Waals surface area contributed by atoms with Crippen LogP contribution in [0.4, 0.5) is 5.69 Å². The van der Waals surface area contributed by atoms with E-state index in [1.807, 2.05) is 0 Å². The zero-order valence-electron chi connectivity index (χ0n) is 16.0. The SMILES string of the molecule is CCCCCCCC[C@H]1OC(=O)[C@@H]2OC(=O)/C(=C\c3ccc([N+](=O)[O-])cc3)[C@H]12. The van der Waals surface area contributed by atoms with Gasteiger partial charge in [0, 0.05) is 17.7 Å². The zero-order valence-corrected chi connectivity index (χ0v) is 16.0. The molecule has 2 aliphatic heterocycles. The van der Waals surface area contributed by atoms with Crippen LogP contribution in [0.3, 0.4) is 0 Å². The largest absolute Gasteiger partial charge is 0.459 e. The van der Waals surface area contributed by atoms with Gasteiger partial charge in [0.05, 0.1) is 10.8 Å². The number of carbonyl (C=O) groups is 2. The molecule has 7 nitrogen and oxygen atoms in total. The van der Waals surface area contributed by atoms with Crippen LogP contribution in [0.5, 0.6) is 0 Å². The molecule has 28 heavy (non-hydrogen) atoms. The zero-order chi connectivity index (χ0) is 20.1. The van der Waals surface area contributed by atoms with Crippen LogP contribution in [0.2, 0.25) is 0 Å². The topological polar surface area (TPSA) is 95.7 Å². The predicted octanol–water partition coefficient (Wildman–Crippen LogP) is 4.20. The van der Waals surface area contributed by atoms with Gasteiger partial charge in [-0.2, -0.15) is 0 Å². The molecule has 150 valence electrons. The van der Waals surface area contributed by atoms with Gasteiger partial charge < -0.3 is 9.47 Å². The lowest BCUT2D eigenvalue weighted by molar-refractivity contribution is -0.384. The van der Waals surface area contributed by atoms with Gasteiger partial charge >= 0.3 is 11.9 Å². The highest BCUT2D eigenvalue weighted by Gasteiger charge is 2.55. The summed E-state index contributed by atoms with van der Waals surface area (Å²) in [6.07, 6.45) is 7.91. The molecule has 0 aliphatic carbocycles. The lowest BCUT2D eigenvalue weighted by Gasteiger charge is -2.15. The maximum atomic E-state index is 12.3. The molecule has 0 unspecified atom stereocenters. The number of carbonyl (C=O) groups excluding carboxylic acids is 2. The van der Waals surface area contributed by atoms with E-state index in [0.29, 0.717) is 17.6 Å². The van der Waals surface area contributed by atoms with Gasteiger partial charge in [-0.3, -0.25) is 10.1 Å². The number of unbranched alkanes of at least 4 members (excludes halogenated alkanes) is 5. The predicted molar refractivity (Wildman–Crippen MR) is 102 cm³/mol. The van der Waals surface area contributed by atoms with Crippen molar-refractivity contribution in [2.45, 2.75) is 64.1 Å². The van der Waals surface area contributed by atoms with Crippen LogP contribution in [0, 0.1) is 16.0 Å². The van der Waals surface area contributed by atoms with E-state index < -0.39 is 28.9 Å². The second kappa shape index (κ2) is 8.99. The fraction of sp³-hybridized carbons (Fsp3) is 0.524. The van der Waals surface area contributed by atoms with Gasteiger partial charge in [0.25, 0.3) is 5.69 Å². The van der Waals surface area contributed by atoms with Crippen molar-refractivity contribution in [2.75, 3.05) is 0 Å². The van der Waals surface area contributed by atoms with Crippen molar-refractivity contribution in [3.63, 3.8) is 0 Å². The van der Waals surface area contributed by atoms with E-state index in [-0.39, 0.29) is 11.8 Å². The molecule has 3 atom stereocenters. The molecule has 2 saturated heterocycles. The Kier molecular flexibility index (Phi) is 6.44. The number of hydrogen-bond donors (Lipinski definition) is 0. The summed E-state index contributed by atoms with van der Waals surface area (Å²) in [6, 6.07) is 5.92. The molecule has 0 amide bonds. The van der Waals surface area contributed by atoms with Gasteiger partial charge in [-0.25, -0.2) is 9.59 Å². The average Bonchev–Trinajstić information content (AvgIpc) is 3.15. The first kappa shape index (κ1) is 20.0. The summed E-state index contributed by atoms with van der Waals surface area (Å²) in [4.78, 5) is 34.7. The van der Waals surface area contributed by atoms with Crippen molar-refractivity contribution < 1.29 is 24.0 Å². The molecule has 1 aromatic carbocycles. The Hall–Kier alpha value is -2.70. The van der Waals surface area contributed by atoms with Gasteiger partial charge in [0.15, 0.2) is 0 Å². The number of esters is 2. The van der Waals surface area contributed by atoms with Crippen molar-refractivity contribution in [2.24, 2.45) is 5.92 Å². The van der Waals surface area contributed by atoms with Gasteiger partial charge in [0.1, 0.15) is 6.10 Å². The molecule has 0 bridgehead atoms. The molecule has 3 rings (SSSR count). The minimum Gasteiger partial charge on any atom is -0.459 e. The van der Waals surface area contributed by atoms with E-state index in [1.165, 1.54) is 31.4 Å². The molecular weight excluding hydrogens is 362 g/mol. The van der Waals surface area contributed by atoms with Crippen molar-refractivity contribution in [3.05, 3.63) is 45.5 Å². The summed E-state index contributed by atoms with van der Waals surface area (Å²) >= 11 is 0. The fourth-order valence-corrected chi connectivity index (χ4v) is 3.83. The Labute approximate surface area is 163 Å².